The Balaban J connectivity index is 1.87. The molecule has 0 radical (unpaired) electrons. The van der Waals surface area contributed by atoms with Gasteiger partial charge in [0.05, 0.1) is 13.7 Å². The molecule has 2 aromatic carbocycles. The molecule has 0 amide bonds. The van der Waals surface area contributed by atoms with Crippen molar-refractivity contribution in [3.63, 3.8) is 0 Å². The largest absolute Gasteiger partial charge is 0.507 e. The maximum Gasteiger partial charge on any atom is 0.229 e. The number of aliphatic hydroxyl groups is 4. The fourth-order valence-corrected chi connectivity index (χ4v) is 3.50. The molecule has 11 heteroatoms. The quantitative estimate of drug-likeness (QED) is 0.292. The molecule has 1 aliphatic rings. The first-order chi connectivity index (χ1) is 14.8. The average Bonchev–Trinajstić information content (AvgIpc) is 2.75. The van der Waals surface area contributed by atoms with Crippen LogP contribution in [0.3, 0.4) is 0 Å². The summed E-state index contributed by atoms with van der Waals surface area (Å²) in [6, 6.07) is 4.96. The van der Waals surface area contributed by atoms with E-state index in [2.05, 4.69) is 0 Å². The Morgan fingerprint density at radius 1 is 1.00 bits per heavy atom. The molecular weight excluding hydrogens is 416 g/mol. The summed E-state index contributed by atoms with van der Waals surface area (Å²) in [5.41, 5.74) is -1.05. The first-order valence-corrected chi connectivity index (χ1v) is 9.23. The summed E-state index contributed by atoms with van der Waals surface area (Å²) in [4.78, 5) is 13.2. The molecule has 0 spiro atoms. The highest BCUT2D eigenvalue weighted by Gasteiger charge is 2.45. The van der Waals surface area contributed by atoms with E-state index in [9.17, 15) is 35.4 Å². The highest BCUT2D eigenvalue weighted by molar-refractivity contribution is 5.98. The molecule has 2 heterocycles. The van der Waals surface area contributed by atoms with Gasteiger partial charge in [-0.2, -0.15) is 0 Å². The summed E-state index contributed by atoms with van der Waals surface area (Å²) >= 11 is 0. The van der Waals surface area contributed by atoms with Gasteiger partial charge in [-0.1, -0.05) is 0 Å². The summed E-state index contributed by atoms with van der Waals surface area (Å²) in [5, 5.41) is 59.4. The van der Waals surface area contributed by atoms with Crippen molar-refractivity contribution < 1.29 is 49.3 Å². The number of methoxy groups -OCH3 is 1. The van der Waals surface area contributed by atoms with Crippen molar-refractivity contribution >= 4 is 21.9 Å². The molecule has 0 aliphatic carbocycles. The molecule has 1 fully saturated rings. The molecule has 5 unspecified atom stereocenters. The van der Waals surface area contributed by atoms with Crippen molar-refractivity contribution in [1.29, 1.82) is 0 Å². The Labute approximate surface area is 173 Å². The van der Waals surface area contributed by atoms with Gasteiger partial charge < -0.3 is 49.3 Å². The number of phenolic OH excluding ortho intramolecular Hbond substituents is 2. The lowest BCUT2D eigenvalue weighted by molar-refractivity contribution is -0.277. The van der Waals surface area contributed by atoms with Crippen LogP contribution in [0.5, 0.6) is 23.0 Å². The van der Waals surface area contributed by atoms with Crippen LogP contribution in [0.2, 0.25) is 0 Å². The Morgan fingerprint density at radius 3 is 2.42 bits per heavy atom. The van der Waals surface area contributed by atoms with Crippen molar-refractivity contribution in [3.8, 4) is 23.0 Å². The fraction of sp³-hybridized carbons (Fsp3) is 0.350. The van der Waals surface area contributed by atoms with Gasteiger partial charge in [0.25, 0.3) is 0 Å². The van der Waals surface area contributed by atoms with Gasteiger partial charge in [0.15, 0.2) is 11.3 Å². The number of aliphatic hydroxyl groups excluding tert-OH is 4. The highest BCUT2D eigenvalue weighted by atomic mass is 16.7. The number of aromatic hydroxyl groups is 2. The molecule has 1 aliphatic heterocycles. The molecule has 4 rings (SSSR count). The molecule has 31 heavy (non-hydrogen) atoms. The third kappa shape index (κ3) is 3.42. The monoisotopic (exact) mass is 436 g/mol. The van der Waals surface area contributed by atoms with E-state index in [4.69, 9.17) is 18.6 Å². The summed E-state index contributed by atoms with van der Waals surface area (Å²) in [7, 11) is 1.36. The van der Waals surface area contributed by atoms with Gasteiger partial charge in [0, 0.05) is 12.1 Å². The van der Waals surface area contributed by atoms with Crippen LogP contribution in [0.25, 0.3) is 21.9 Å². The number of hydrogen-bond donors (Lipinski definition) is 6. The van der Waals surface area contributed by atoms with Crippen molar-refractivity contribution in [1.82, 2.24) is 0 Å². The standard InChI is InChI=1S/C20H20O11/c1-28-7-4-9(23)13-11(5-7)29-19-8(22)2-3-10(14(19)16(13)25)30-20-18(27)17(26)15(24)12(6-21)31-20/h2-5,12,15,17-18,20-24,26-27H,6H2,1H3. The number of phenols is 2. The van der Waals surface area contributed by atoms with E-state index in [-0.39, 0.29) is 33.4 Å². The van der Waals surface area contributed by atoms with Gasteiger partial charge in [0.2, 0.25) is 11.7 Å². The van der Waals surface area contributed by atoms with Gasteiger partial charge in [-0.25, -0.2) is 0 Å². The Kier molecular flexibility index (Phi) is 5.37. The number of rotatable bonds is 4. The van der Waals surface area contributed by atoms with Crippen molar-refractivity contribution in [2.24, 2.45) is 0 Å². The predicted octanol–water partition coefficient (Wildman–Crippen LogP) is -0.455. The molecule has 0 bridgehead atoms. The second kappa shape index (κ2) is 7.87. The topological polar surface area (TPSA) is 179 Å². The molecule has 1 saturated heterocycles. The minimum atomic E-state index is -1.72. The zero-order valence-corrected chi connectivity index (χ0v) is 16.1. The van der Waals surface area contributed by atoms with Gasteiger partial charge in [-0.05, 0) is 12.1 Å². The van der Waals surface area contributed by atoms with E-state index < -0.39 is 54.2 Å². The zero-order chi connectivity index (χ0) is 22.4. The molecule has 5 atom stereocenters. The van der Waals surface area contributed by atoms with E-state index >= 15 is 0 Å². The predicted molar refractivity (Wildman–Crippen MR) is 104 cm³/mol. The third-order valence-electron chi connectivity index (χ3n) is 5.15. The summed E-state index contributed by atoms with van der Waals surface area (Å²) < 4.78 is 21.5. The average molecular weight is 436 g/mol. The maximum atomic E-state index is 13.2. The summed E-state index contributed by atoms with van der Waals surface area (Å²) in [6.07, 6.45) is -7.78. The van der Waals surface area contributed by atoms with Crippen LogP contribution >= 0.6 is 0 Å². The van der Waals surface area contributed by atoms with E-state index in [0.717, 1.165) is 0 Å². The Bertz CT molecular complexity index is 1190. The lowest BCUT2D eigenvalue weighted by atomic mass is 9.99. The van der Waals surface area contributed by atoms with Crippen molar-refractivity contribution in [2.75, 3.05) is 13.7 Å². The first kappa shape index (κ1) is 21.2. The van der Waals surface area contributed by atoms with Crippen LogP contribution in [0.15, 0.2) is 33.5 Å². The van der Waals surface area contributed by atoms with Crippen LogP contribution in [0.1, 0.15) is 0 Å². The minimum absolute atomic E-state index is 0.0466. The zero-order valence-electron chi connectivity index (χ0n) is 16.1. The van der Waals surface area contributed by atoms with Crippen LogP contribution < -0.4 is 14.9 Å². The van der Waals surface area contributed by atoms with Gasteiger partial charge in [-0.15, -0.1) is 0 Å². The smallest absolute Gasteiger partial charge is 0.229 e. The van der Waals surface area contributed by atoms with Gasteiger partial charge >= 0.3 is 0 Å². The van der Waals surface area contributed by atoms with Gasteiger partial charge in [-0.3, -0.25) is 4.79 Å². The Hall–Kier alpha value is -3.09. The number of benzene rings is 2. The lowest BCUT2D eigenvalue weighted by Gasteiger charge is -2.39. The van der Waals surface area contributed by atoms with Crippen molar-refractivity contribution in [3.05, 3.63) is 34.5 Å². The van der Waals surface area contributed by atoms with E-state index in [0.29, 0.717) is 0 Å². The molecule has 6 N–H and O–H groups in total. The van der Waals surface area contributed by atoms with Crippen LogP contribution in [0, 0.1) is 0 Å². The Morgan fingerprint density at radius 2 is 1.74 bits per heavy atom. The normalized spacial score (nSPS) is 26.3. The summed E-state index contributed by atoms with van der Waals surface area (Å²) in [5.74, 6) is -0.784. The molecule has 11 nitrogen and oxygen atoms in total. The molecule has 0 saturated carbocycles. The molecule has 1 aromatic heterocycles. The van der Waals surface area contributed by atoms with E-state index in [1.165, 1.54) is 31.4 Å². The molecular formula is C20H20O11. The van der Waals surface area contributed by atoms with E-state index in [1.54, 1.807) is 0 Å². The van der Waals surface area contributed by atoms with Crippen molar-refractivity contribution in [2.45, 2.75) is 30.7 Å². The first-order valence-electron chi connectivity index (χ1n) is 9.23. The minimum Gasteiger partial charge on any atom is -0.507 e. The highest BCUT2D eigenvalue weighted by Crippen LogP contribution is 2.37. The fourth-order valence-electron chi connectivity index (χ4n) is 3.50. The van der Waals surface area contributed by atoms with E-state index in [1.807, 2.05) is 0 Å². The maximum absolute atomic E-state index is 13.2. The van der Waals surface area contributed by atoms with Crippen LogP contribution in [0.4, 0.5) is 0 Å². The molecule has 3 aromatic rings. The summed E-state index contributed by atoms with van der Waals surface area (Å²) in [6.45, 7) is -0.663. The SMILES string of the molecule is COc1cc(O)c2c(=O)c3c(OC4OC(CO)C(O)C(O)C4O)ccc(O)c3oc2c1. The van der Waals surface area contributed by atoms with Gasteiger partial charge in [0.1, 0.15) is 58.0 Å². The number of hydrogen-bond acceptors (Lipinski definition) is 11. The number of ether oxygens (including phenoxy) is 3. The second-order valence-corrected chi connectivity index (χ2v) is 7.05. The second-order valence-electron chi connectivity index (χ2n) is 7.05. The molecule has 166 valence electrons. The lowest BCUT2D eigenvalue weighted by Crippen LogP contribution is -2.60. The number of fused-ring (bicyclic) bond motifs is 2. The van der Waals surface area contributed by atoms with Crippen LogP contribution in [-0.2, 0) is 4.74 Å². The third-order valence-corrected chi connectivity index (χ3v) is 5.15. The van der Waals surface area contributed by atoms with Crippen LogP contribution in [-0.4, -0.2) is 75.1 Å².